The first-order valence-corrected chi connectivity index (χ1v) is 8.43. The molecule has 0 radical (unpaired) electrons. The van der Waals surface area contributed by atoms with Crippen LogP contribution in [0.1, 0.15) is 26.1 Å². The molecule has 2 atom stereocenters. The van der Waals surface area contributed by atoms with Crippen LogP contribution in [-0.4, -0.2) is 33.4 Å². The Morgan fingerprint density at radius 3 is 2.58 bits per heavy atom. The summed E-state index contributed by atoms with van der Waals surface area (Å²) in [5, 5.41) is 0.517. The molecular weight excluding hydrogens is 304 g/mol. The monoisotopic (exact) mass is 328 g/mol. The minimum absolute atomic E-state index is 0.134. The predicted octanol–water partition coefficient (Wildman–Crippen LogP) is 1.36. The molecule has 0 bridgehead atoms. The van der Waals surface area contributed by atoms with Crippen LogP contribution >= 0.6 is 0 Å². The van der Waals surface area contributed by atoms with Crippen LogP contribution in [0.4, 0.5) is 0 Å². The van der Waals surface area contributed by atoms with Crippen molar-refractivity contribution in [1.29, 1.82) is 0 Å². The molecule has 2 aromatic rings. The van der Waals surface area contributed by atoms with E-state index >= 15 is 0 Å². The van der Waals surface area contributed by atoms with Crippen molar-refractivity contribution in [2.75, 3.05) is 13.1 Å². The molecule has 1 aromatic heterocycles. The molecule has 1 amide bonds. The summed E-state index contributed by atoms with van der Waals surface area (Å²) >= 11 is 0. The molecule has 3 rings (SSSR count). The number of piperidine rings is 1. The molecule has 1 aliphatic rings. The fraction of sp³-hybridized carbons (Fsp3) is 0.500. The molecule has 6 nitrogen and oxygen atoms in total. The smallest absolute Gasteiger partial charge is 0.261 e. The molecule has 0 saturated carbocycles. The second kappa shape index (κ2) is 6.73. The maximum atomic E-state index is 12.8. The number of carbonyl (C=O) groups excluding carboxylic acids is 1. The topological polar surface area (TPSA) is 81.2 Å². The maximum absolute atomic E-state index is 12.8. The summed E-state index contributed by atoms with van der Waals surface area (Å²) in [5.74, 6) is 1.31. The van der Waals surface area contributed by atoms with Gasteiger partial charge in [0.15, 0.2) is 0 Å². The quantitative estimate of drug-likeness (QED) is 0.919. The lowest BCUT2D eigenvalue weighted by Crippen LogP contribution is -2.40. The lowest BCUT2D eigenvalue weighted by atomic mass is 9.92. The Kier molecular flexibility index (Phi) is 4.66. The number of carbonyl (C=O) groups is 1. The summed E-state index contributed by atoms with van der Waals surface area (Å²) < 4.78 is 1.43. The van der Waals surface area contributed by atoms with Crippen LogP contribution in [-0.2, 0) is 17.9 Å². The van der Waals surface area contributed by atoms with Crippen LogP contribution < -0.4 is 11.3 Å². The van der Waals surface area contributed by atoms with E-state index in [1.807, 2.05) is 12.1 Å². The van der Waals surface area contributed by atoms with Crippen LogP contribution in [0.5, 0.6) is 0 Å². The average molecular weight is 328 g/mol. The Hall–Kier alpha value is -2.21. The van der Waals surface area contributed by atoms with Crippen molar-refractivity contribution >= 4 is 16.8 Å². The fourth-order valence-electron chi connectivity index (χ4n) is 3.77. The van der Waals surface area contributed by atoms with Gasteiger partial charge in [0, 0.05) is 13.1 Å². The first-order valence-electron chi connectivity index (χ1n) is 8.43. The largest absolute Gasteiger partial charge is 0.368 e. The SMILES string of the molecule is C[C@@H]1C[C@@H](C)CN(Cc2nc3ccccc3c(=O)n2CC(N)=O)C1. The second-order valence-corrected chi connectivity index (χ2v) is 7.04. The van der Waals surface area contributed by atoms with Gasteiger partial charge in [-0.2, -0.15) is 0 Å². The molecule has 2 heterocycles. The van der Waals surface area contributed by atoms with E-state index in [4.69, 9.17) is 5.73 Å². The second-order valence-electron chi connectivity index (χ2n) is 7.04. The van der Waals surface area contributed by atoms with E-state index in [1.54, 1.807) is 12.1 Å². The van der Waals surface area contributed by atoms with Gasteiger partial charge >= 0.3 is 0 Å². The lowest BCUT2D eigenvalue weighted by Gasteiger charge is -2.35. The van der Waals surface area contributed by atoms with Crippen LogP contribution in [0.25, 0.3) is 10.9 Å². The number of aromatic nitrogens is 2. The molecule has 1 aromatic carbocycles. The van der Waals surface area contributed by atoms with Crippen molar-refractivity contribution in [1.82, 2.24) is 14.5 Å². The molecule has 6 heteroatoms. The Morgan fingerprint density at radius 2 is 1.92 bits per heavy atom. The van der Waals surface area contributed by atoms with Crippen molar-refractivity contribution in [2.45, 2.75) is 33.4 Å². The Bertz CT molecular complexity index is 804. The summed E-state index contributed by atoms with van der Waals surface area (Å²) in [6.45, 7) is 6.86. The normalized spacial score (nSPS) is 21.9. The fourth-order valence-corrected chi connectivity index (χ4v) is 3.77. The van der Waals surface area contributed by atoms with Gasteiger partial charge in [0.1, 0.15) is 12.4 Å². The number of likely N-dealkylation sites (tertiary alicyclic amines) is 1. The number of para-hydroxylation sites is 1. The van der Waals surface area contributed by atoms with Gasteiger partial charge in [-0.15, -0.1) is 0 Å². The summed E-state index contributed by atoms with van der Waals surface area (Å²) in [4.78, 5) is 31.1. The first-order chi connectivity index (χ1) is 11.4. The highest BCUT2D eigenvalue weighted by molar-refractivity contribution is 5.78. The van der Waals surface area contributed by atoms with Gasteiger partial charge in [-0.05, 0) is 30.4 Å². The number of primary amides is 1. The van der Waals surface area contributed by atoms with Gasteiger partial charge in [-0.25, -0.2) is 4.98 Å². The maximum Gasteiger partial charge on any atom is 0.261 e. The Labute approximate surface area is 141 Å². The highest BCUT2D eigenvalue weighted by Gasteiger charge is 2.23. The van der Waals surface area contributed by atoms with Crippen molar-refractivity contribution in [3.05, 3.63) is 40.4 Å². The molecule has 128 valence electrons. The summed E-state index contributed by atoms with van der Waals surface area (Å²) in [6, 6.07) is 7.23. The van der Waals surface area contributed by atoms with Crippen LogP contribution in [0.2, 0.25) is 0 Å². The van der Waals surface area contributed by atoms with E-state index in [0.29, 0.717) is 35.1 Å². The number of hydrogen-bond donors (Lipinski definition) is 1. The molecule has 1 fully saturated rings. The van der Waals surface area contributed by atoms with Crippen molar-refractivity contribution < 1.29 is 4.79 Å². The summed E-state index contributed by atoms with van der Waals surface area (Å²) in [7, 11) is 0. The molecule has 1 aliphatic heterocycles. The van der Waals surface area contributed by atoms with Gasteiger partial charge in [-0.1, -0.05) is 26.0 Å². The zero-order valence-electron chi connectivity index (χ0n) is 14.2. The van der Waals surface area contributed by atoms with Crippen molar-refractivity contribution in [2.24, 2.45) is 17.6 Å². The van der Waals surface area contributed by atoms with Gasteiger partial charge < -0.3 is 5.73 Å². The lowest BCUT2D eigenvalue weighted by molar-refractivity contribution is -0.118. The van der Waals surface area contributed by atoms with Crippen molar-refractivity contribution in [3.63, 3.8) is 0 Å². The number of hydrogen-bond acceptors (Lipinski definition) is 4. The van der Waals surface area contributed by atoms with Gasteiger partial charge in [0.25, 0.3) is 5.56 Å². The highest BCUT2D eigenvalue weighted by atomic mass is 16.2. The van der Waals surface area contributed by atoms with E-state index in [2.05, 4.69) is 23.7 Å². The number of amides is 1. The summed E-state index contributed by atoms with van der Waals surface area (Å²) in [6.07, 6.45) is 1.22. The third-order valence-electron chi connectivity index (χ3n) is 4.56. The first kappa shape index (κ1) is 16.6. The molecule has 24 heavy (non-hydrogen) atoms. The van der Waals surface area contributed by atoms with Crippen LogP contribution in [0.3, 0.4) is 0 Å². The average Bonchev–Trinajstić information content (AvgIpc) is 2.50. The number of nitrogens with zero attached hydrogens (tertiary/aromatic N) is 3. The van der Waals surface area contributed by atoms with Gasteiger partial charge in [-0.3, -0.25) is 19.1 Å². The van der Waals surface area contributed by atoms with E-state index in [-0.39, 0.29) is 12.1 Å². The molecule has 1 saturated heterocycles. The van der Waals surface area contributed by atoms with Gasteiger partial charge in [0.05, 0.1) is 17.4 Å². The molecular formula is C18H24N4O2. The number of nitrogens with two attached hydrogens (primary N) is 1. The van der Waals surface area contributed by atoms with Crippen LogP contribution in [0, 0.1) is 11.8 Å². The van der Waals surface area contributed by atoms with E-state index < -0.39 is 5.91 Å². The van der Waals surface area contributed by atoms with Crippen molar-refractivity contribution in [3.8, 4) is 0 Å². The standard InChI is InChI=1S/C18H24N4O2/c1-12-7-13(2)9-21(8-12)11-17-20-15-6-4-3-5-14(15)18(24)22(17)10-16(19)23/h3-6,12-13H,7-11H2,1-2H3,(H2,19,23)/t12-,13-/m1/s1. The zero-order chi connectivity index (χ0) is 17.3. The molecule has 2 N–H and O–H groups in total. The Morgan fingerprint density at radius 1 is 1.25 bits per heavy atom. The van der Waals surface area contributed by atoms with Gasteiger partial charge in [0.2, 0.25) is 5.91 Å². The predicted molar refractivity (Wildman–Crippen MR) is 93.4 cm³/mol. The number of fused-ring (bicyclic) bond motifs is 1. The third-order valence-corrected chi connectivity index (χ3v) is 4.56. The Balaban J connectivity index is 2.01. The summed E-state index contributed by atoms with van der Waals surface area (Å²) in [5.41, 5.74) is 5.81. The third kappa shape index (κ3) is 3.48. The zero-order valence-corrected chi connectivity index (χ0v) is 14.2. The minimum atomic E-state index is -0.532. The van der Waals surface area contributed by atoms with E-state index in [9.17, 15) is 9.59 Å². The minimum Gasteiger partial charge on any atom is -0.368 e. The molecule has 0 unspecified atom stereocenters. The number of rotatable bonds is 4. The van der Waals surface area contributed by atoms with Crippen LogP contribution in [0.15, 0.2) is 29.1 Å². The molecule has 0 spiro atoms. The van der Waals surface area contributed by atoms with E-state index in [1.165, 1.54) is 11.0 Å². The number of benzene rings is 1. The molecule has 0 aliphatic carbocycles. The highest BCUT2D eigenvalue weighted by Crippen LogP contribution is 2.22. The van der Waals surface area contributed by atoms with E-state index in [0.717, 1.165) is 13.1 Å².